The minimum Gasteiger partial charge on any atom is -0.381 e. The Kier molecular flexibility index (Phi) is 4.05. The molecule has 1 heterocycles. The van der Waals surface area contributed by atoms with Crippen LogP contribution >= 0.6 is 0 Å². The molecule has 0 fully saturated rings. The standard InChI is InChI=1S/C16H22N2O/c1-4-10-18-12-15(11-17-18)16(3,19)14-8-6-13(5-2)7-9-14/h6-9,11-12,19H,4-5,10H2,1-3H3. The third-order valence-corrected chi connectivity index (χ3v) is 3.57. The van der Waals surface area contributed by atoms with Crippen molar-refractivity contribution in [2.75, 3.05) is 0 Å². The maximum Gasteiger partial charge on any atom is 0.115 e. The van der Waals surface area contributed by atoms with Gasteiger partial charge >= 0.3 is 0 Å². The van der Waals surface area contributed by atoms with Crippen LogP contribution in [0.3, 0.4) is 0 Å². The molecule has 1 atom stereocenters. The fourth-order valence-electron chi connectivity index (χ4n) is 2.20. The van der Waals surface area contributed by atoms with E-state index in [0.717, 1.165) is 30.5 Å². The Morgan fingerprint density at radius 2 is 1.84 bits per heavy atom. The highest BCUT2D eigenvalue weighted by atomic mass is 16.3. The van der Waals surface area contributed by atoms with Crippen molar-refractivity contribution in [2.24, 2.45) is 0 Å². The Morgan fingerprint density at radius 3 is 2.42 bits per heavy atom. The second-order valence-corrected chi connectivity index (χ2v) is 5.11. The molecule has 102 valence electrons. The molecule has 1 N–H and O–H groups in total. The van der Waals surface area contributed by atoms with Gasteiger partial charge in [-0.05, 0) is 30.9 Å². The van der Waals surface area contributed by atoms with Crippen molar-refractivity contribution in [1.82, 2.24) is 9.78 Å². The van der Waals surface area contributed by atoms with E-state index in [4.69, 9.17) is 0 Å². The lowest BCUT2D eigenvalue weighted by Crippen LogP contribution is -2.22. The van der Waals surface area contributed by atoms with Gasteiger partial charge in [0, 0.05) is 18.3 Å². The van der Waals surface area contributed by atoms with Crippen LogP contribution in [0.4, 0.5) is 0 Å². The van der Waals surface area contributed by atoms with Crippen LogP contribution in [0.25, 0.3) is 0 Å². The summed E-state index contributed by atoms with van der Waals surface area (Å²) < 4.78 is 1.88. The molecule has 0 amide bonds. The first-order valence-corrected chi connectivity index (χ1v) is 6.92. The van der Waals surface area contributed by atoms with Gasteiger partial charge in [-0.15, -0.1) is 0 Å². The van der Waals surface area contributed by atoms with E-state index in [2.05, 4.69) is 31.1 Å². The van der Waals surface area contributed by atoms with Crippen molar-refractivity contribution < 1.29 is 5.11 Å². The van der Waals surface area contributed by atoms with Crippen molar-refractivity contribution >= 4 is 0 Å². The van der Waals surface area contributed by atoms with Gasteiger partial charge in [0.2, 0.25) is 0 Å². The summed E-state index contributed by atoms with van der Waals surface area (Å²) in [7, 11) is 0. The first-order valence-electron chi connectivity index (χ1n) is 6.92. The van der Waals surface area contributed by atoms with Crippen LogP contribution in [-0.4, -0.2) is 14.9 Å². The number of aryl methyl sites for hydroxylation is 2. The Hall–Kier alpha value is -1.61. The number of rotatable bonds is 5. The van der Waals surface area contributed by atoms with Gasteiger partial charge in [-0.3, -0.25) is 4.68 Å². The number of benzene rings is 1. The molecule has 1 unspecified atom stereocenters. The van der Waals surface area contributed by atoms with Crippen LogP contribution in [0.15, 0.2) is 36.7 Å². The Bertz CT molecular complexity index is 526. The maximum absolute atomic E-state index is 10.7. The summed E-state index contributed by atoms with van der Waals surface area (Å²) in [5.41, 5.74) is 2.03. The van der Waals surface area contributed by atoms with Crippen LogP contribution in [0.2, 0.25) is 0 Å². The molecule has 0 aliphatic carbocycles. The first-order chi connectivity index (χ1) is 9.07. The van der Waals surface area contributed by atoms with Crippen LogP contribution < -0.4 is 0 Å². The lowest BCUT2D eigenvalue weighted by molar-refractivity contribution is 0.102. The zero-order valence-electron chi connectivity index (χ0n) is 11.9. The molecule has 2 rings (SSSR count). The fourth-order valence-corrected chi connectivity index (χ4v) is 2.20. The van der Waals surface area contributed by atoms with Crippen molar-refractivity contribution in [2.45, 2.75) is 45.8 Å². The summed E-state index contributed by atoms with van der Waals surface area (Å²) in [5, 5.41) is 15.0. The van der Waals surface area contributed by atoms with Crippen LogP contribution in [0.1, 0.15) is 43.9 Å². The van der Waals surface area contributed by atoms with Crippen LogP contribution in [0, 0.1) is 0 Å². The van der Waals surface area contributed by atoms with Gasteiger partial charge in [-0.25, -0.2) is 0 Å². The lowest BCUT2D eigenvalue weighted by atomic mass is 9.90. The second kappa shape index (κ2) is 5.57. The first kappa shape index (κ1) is 13.8. The topological polar surface area (TPSA) is 38.0 Å². The van der Waals surface area contributed by atoms with Gasteiger partial charge < -0.3 is 5.11 Å². The average molecular weight is 258 g/mol. The van der Waals surface area contributed by atoms with E-state index in [1.54, 1.807) is 6.20 Å². The zero-order valence-corrected chi connectivity index (χ0v) is 11.9. The molecular formula is C16H22N2O. The molecule has 0 saturated heterocycles. The third kappa shape index (κ3) is 2.87. The smallest absolute Gasteiger partial charge is 0.115 e. The molecular weight excluding hydrogens is 236 g/mol. The lowest BCUT2D eigenvalue weighted by Gasteiger charge is -2.22. The average Bonchev–Trinajstić information content (AvgIpc) is 2.89. The molecule has 0 saturated carbocycles. The van der Waals surface area contributed by atoms with Crippen LogP contribution in [0.5, 0.6) is 0 Å². The highest BCUT2D eigenvalue weighted by Crippen LogP contribution is 2.28. The van der Waals surface area contributed by atoms with E-state index in [-0.39, 0.29) is 0 Å². The third-order valence-electron chi connectivity index (χ3n) is 3.57. The van der Waals surface area contributed by atoms with Gasteiger partial charge in [0.05, 0.1) is 6.20 Å². The van der Waals surface area contributed by atoms with E-state index in [0.29, 0.717) is 0 Å². The van der Waals surface area contributed by atoms with Gasteiger partial charge in [-0.2, -0.15) is 5.10 Å². The monoisotopic (exact) mass is 258 g/mol. The Balaban J connectivity index is 2.28. The fraction of sp³-hybridized carbons (Fsp3) is 0.438. The molecule has 0 aliphatic rings. The maximum atomic E-state index is 10.7. The molecule has 1 aromatic heterocycles. The molecule has 2 aromatic rings. The van der Waals surface area contributed by atoms with E-state index >= 15 is 0 Å². The van der Waals surface area contributed by atoms with E-state index in [9.17, 15) is 5.11 Å². The molecule has 3 heteroatoms. The van der Waals surface area contributed by atoms with Gasteiger partial charge in [-0.1, -0.05) is 38.1 Å². The zero-order chi connectivity index (χ0) is 13.9. The minimum absolute atomic E-state index is 0.838. The number of aromatic nitrogens is 2. The summed E-state index contributed by atoms with van der Waals surface area (Å²) >= 11 is 0. The normalized spacial score (nSPS) is 14.3. The van der Waals surface area contributed by atoms with E-state index < -0.39 is 5.60 Å². The van der Waals surface area contributed by atoms with Crippen LogP contribution in [-0.2, 0) is 18.6 Å². The minimum atomic E-state index is -0.988. The highest BCUT2D eigenvalue weighted by Gasteiger charge is 2.27. The quantitative estimate of drug-likeness (QED) is 0.895. The molecule has 0 spiro atoms. The second-order valence-electron chi connectivity index (χ2n) is 5.11. The summed E-state index contributed by atoms with van der Waals surface area (Å²) in [5.74, 6) is 0. The summed E-state index contributed by atoms with van der Waals surface area (Å²) in [6.45, 7) is 6.94. The molecule has 3 nitrogen and oxygen atoms in total. The summed E-state index contributed by atoms with van der Waals surface area (Å²) in [4.78, 5) is 0. The number of hydrogen-bond acceptors (Lipinski definition) is 2. The van der Waals surface area contributed by atoms with Gasteiger partial charge in [0.15, 0.2) is 0 Å². The van der Waals surface area contributed by atoms with Crippen molar-refractivity contribution in [3.05, 3.63) is 53.3 Å². The predicted octanol–water partition coefficient (Wildman–Crippen LogP) is 3.11. The van der Waals surface area contributed by atoms with Gasteiger partial charge in [0.25, 0.3) is 0 Å². The molecule has 0 aliphatic heterocycles. The molecule has 19 heavy (non-hydrogen) atoms. The number of hydrogen-bond donors (Lipinski definition) is 1. The Morgan fingerprint density at radius 1 is 1.16 bits per heavy atom. The van der Waals surface area contributed by atoms with Crippen molar-refractivity contribution in [3.63, 3.8) is 0 Å². The number of aliphatic hydroxyl groups is 1. The van der Waals surface area contributed by atoms with E-state index in [1.807, 2.05) is 29.9 Å². The predicted molar refractivity (Wildman–Crippen MR) is 77.0 cm³/mol. The van der Waals surface area contributed by atoms with Crippen molar-refractivity contribution in [1.29, 1.82) is 0 Å². The Labute approximate surface area is 114 Å². The largest absolute Gasteiger partial charge is 0.381 e. The molecule has 1 aromatic carbocycles. The van der Waals surface area contributed by atoms with Crippen molar-refractivity contribution in [3.8, 4) is 0 Å². The van der Waals surface area contributed by atoms with E-state index in [1.165, 1.54) is 5.56 Å². The number of nitrogens with zero attached hydrogens (tertiary/aromatic N) is 2. The summed E-state index contributed by atoms with van der Waals surface area (Å²) in [6, 6.07) is 8.13. The summed E-state index contributed by atoms with van der Waals surface area (Å²) in [6.07, 6.45) is 5.73. The highest BCUT2D eigenvalue weighted by molar-refractivity contribution is 5.34. The SMILES string of the molecule is CCCn1cc(C(C)(O)c2ccc(CC)cc2)cn1. The van der Waals surface area contributed by atoms with Gasteiger partial charge in [0.1, 0.15) is 5.60 Å². The molecule has 0 bridgehead atoms. The molecule has 0 radical (unpaired) electrons.